The number of halogens is 1. The van der Waals surface area contributed by atoms with Crippen LogP contribution in [0.2, 0.25) is 0 Å². The first-order valence-electron chi connectivity index (χ1n) is 5.03. The molecule has 1 aliphatic heterocycles. The molecule has 0 fully saturated rings. The Balaban J connectivity index is 2.03. The minimum absolute atomic E-state index is 0.175. The summed E-state index contributed by atoms with van der Waals surface area (Å²) >= 11 is 2.21. The predicted octanol–water partition coefficient (Wildman–Crippen LogP) is 1.62. The van der Waals surface area contributed by atoms with Crippen LogP contribution in [-0.4, -0.2) is 24.3 Å². The molecule has 0 saturated heterocycles. The maximum Gasteiger partial charge on any atom is 0.290 e. The summed E-state index contributed by atoms with van der Waals surface area (Å²) in [5.74, 6) is 0.248. The van der Waals surface area contributed by atoms with Crippen molar-refractivity contribution in [3.63, 3.8) is 0 Å². The molecule has 16 heavy (non-hydrogen) atoms. The molecule has 0 saturated carbocycles. The average molecular weight is 329 g/mol. The molecule has 4 nitrogen and oxygen atoms in total. The largest absolute Gasteiger partial charge is 0.361 e. The molecule has 1 aromatic rings. The van der Waals surface area contributed by atoms with Crippen LogP contribution in [0.4, 0.5) is 5.69 Å². The van der Waals surface area contributed by atoms with Gasteiger partial charge in [0.2, 0.25) is 0 Å². The first kappa shape index (κ1) is 11.4. The number of aliphatic imine (C=N–C) groups is 1. The lowest BCUT2D eigenvalue weighted by atomic mass is 10.3. The molecule has 0 spiro atoms. The second kappa shape index (κ2) is 4.82. The van der Waals surface area contributed by atoms with Crippen LogP contribution in [0.15, 0.2) is 29.3 Å². The number of hydrogen-bond donors (Lipinski definition) is 2. The van der Waals surface area contributed by atoms with Crippen molar-refractivity contribution in [1.82, 2.24) is 5.32 Å². The van der Waals surface area contributed by atoms with Gasteiger partial charge in [0.25, 0.3) is 5.91 Å². The fraction of sp³-hybridized carbons (Fsp3) is 0.273. The van der Waals surface area contributed by atoms with E-state index in [-0.39, 0.29) is 11.9 Å². The Bertz CT molecular complexity index is 445. The van der Waals surface area contributed by atoms with E-state index in [2.05, 4.69) is 38.2 Å². The average Bonchev–Trinajstić information content (AvgIpc) is 2.65. The van der Waals surface area contributed by atoms with E-state index in [4.69, 9.17) is 0 Å². The predicted molar refractivity (Wildman–Crippen MR) is 72.7 cm³/mol. The van der Waals surface area contributed by atoms with Crippen LogP contribution in [0.25, 0.3) is 0 Å². The summed E-state index contributed by atoms with van der Waals surface area (Å²) in [7, 11) is 0. The Hall–Kier alpha value is -1.11. The van der Waals surface area contributed by atoms with E-state index < -0.39 is 0 Å². The van der Waals surface area contributed by atoms with Gasteiger partial charge < -0.3 is 10.6 Å². The first-order valence-corrected chi connectivity index (χ1v) is 6.11. The summed E-state index contributed by atoms with van der Waals surface area (Å²) in [5.41, 5.74) is 0.793. The van der Waals surface area contributed by atoms with Crippen LogP contribution in [0.1, 0.15) is 6.92 Å². The van der Waals surface area contributed by atoms with Gasteiger partial charge in [0.05, 0.1) is 6.54 Å². The SMILES string of the molecule is CC1CN=C(C(=O)Nc2cccc(I)c2)N1. The van der Waals surface area contributed by atoms with E-state index in [0.29, 0.717) is 12.4 Å². The van der Waals surface area contributed by atoms with Crippen LogP contribution in [0.5, 0.6) is 0 Å². The van der Waals surface area contributed by atoms with E-state index in [1.807, 2.05) is 31.2 Å². The molecule has 1 amide bonds. The third-order valence-corrected chi connectivity index (χ3v) is 2.87. The molecule has 2 N–H and O–H groups in total. The molecular formula is C11H12IN3O. The molecule has 1 heterocycles. The van der Waals surface area contributed by atoms with Crippen molar-refractivity contribution in [2.75, 3.05) is 11.9 Å². The number of carbonyl (C=O) groups excluding carboxylic acids is 1. The van der Waals surface area contributed by atoms with Gasteiger partial charge in [-0.25, -0.2) is 0 Å². The quantitative estimate of drug-likeness (QED) is 0.810. The number of nitrogens with zero attached hydrogens (tertiary/aromatic N) is 1. The van der Waals surface area contributed by atoms with Gasteiger partial charge >= 0.3 is 0 Å². The number of benzene rings is 1. The maximum absolute atomic E-state index is 11.8. The number of amides is 1. The molecule has 0 bridgehead atoms. The highest BCUT2D eigenvalue weighted by Gasteiger charge is 2.19. The molecule has 1 aromatic carbocycles. The van der Waals surface area contributed by atoms with Gasteiger partial charge in [0.1, 0.15) is 0 Å². The highest BCUT2D eigenvalue weighted by atomic mass is 127. The number of rotatable bonds is 2. The molecule has 0 radical (unpaired) electrons. The second-order valence-corrected chi connectivity index (χ2v) is 4.94. The van der Waals surface area contributed by atoms with Gasteiger partial charge in [-0.3, -0.25) is 9.79 Å². The van der Waals surface area contributed by atoms with Crippen molar-refractivity contribution in [2.45, 2.75) is 13.0 Å². The number of carbonyl (C=O) groups is 1. The summed E-state index contributed by atoms with van der Waals surface area (Å²) in [5, 5.41) is 5.83. The Labute approximate surface area is 108 Å². The van der Waals surface area contributed by atoms with Crippen LogP contribution < -0.4 is 10.6 Å². The van der Waals surface area contributed by atoms with Gasteiger partial charge in [-0.1, -0.05) is 6.07 Å². The highest BCUT2D eigenvalue weighted by molar-refractivity contribution is 14.1. The molecule has 1 unspecified atom stereocenters. The van der Waals surface area contributed by atoms with Crippen LogP contribution in [-0.2, 0) is 4.79 Å². The Morgan fingerprint density at radius 3 is 3.06 bits per heavy atom. The zero-order chi connectivity index (χ0) is 11.5. The van der Waals surface area contributed by atoms with Crippen molar-refractivity contribution in [2.24, 2.45) is 4.99 Å². The fourth-order valence-corrected chi connectivity index (χ4v) is 1.99. The van der Waals surface area contributed by atoms with E-state index in [1.54, 1.807) is 0 Å². The smallest absolute Gasteiger partial charge is 0.290 e. The summed E-state index contributed by atoms with van der Waals surface area (Å²) in [6.45, 7) is 2.66. The summed E-state index contributed by atoms with van der Waals surface area (Å²) in [6, 6.07) is 7.90. The number of nitrogens with one attached hydrogen (secondary N) is 2. The van der Waals surface area contributed by atoms with Crippen molar-refractivity contribution in [3.8, 4) is 0 Å². The topological polar surface area (TPSA) is 53.5 Å². The standard InChI is InChI=1S/C11H12IN3O/c1-7-6-13-10(14-7)11(16)15-9-4-2-3-8(12)5-9/h2-5,7H,6H2,1H3,(H,13,14)(H,15,16). The minimum atomic E-state index is -0.175. The summed E-state index contributed by atoms with van der Waals surface area (Å²) < 4.78 is 1.09. The van der Waals surface area contributed by atoms with Gasteiger partial charge in [0, 0.05) is 15.3 Å². The first-order chi connectivity index (χ1) is 7.65. The van der Waals surface area contributed by atoms with Gasteiger partial charge in [-0.2, -0.15) is 0 Å². The zero-order valence-electron chi connectivity index (χ0n) is 8.83. The van der Waals surface area contributed by atoms with E-state index in [1.165, 1.54) is 0 Å². The van der Waals surface area contributed by atoms with E-state index >= 15 is 0 Å². The lowest BCUT2D eigenvalue weighted by Gasteiger charge is -2.07. The molecule has 1 atom stereocenters. The van der Waals surface area contributed by atoms with Gasteiger partial charge in [0.15, 0.2) is 5.84 Å². The highest BCUT2D eigenvalue weighted by Crippen LogP contribution is 2.12. The molecule has 0 aliphatic carbocycles. The minimum Gasteiger partial charge on any atom is -0.361 e. The van der Waals surface area contributed by atoms with Crippen molar-refractivity contribution < 1.29 is 4.79 Å². The normalized spacial score (nSPS) is 18.9. The molecule has 84 valence electrons. The third-order valence-electron chi connectivity index (χ3n) is 2.20. The number of hydrogen-bond acceptors (Lipinski definition) is 3. The van der Waals surface area contributed by atoms with Crippen molar-refractivity contribution in [3.05, 3.63) is 27.8 Å². The van der Waals surface area contributed by atoms with Crippen LogP contribution >= 0.6 is 22.6 Å². The molecule has 5 heteroatoms. The third kappa shape index (κ3) is 2.72. The Kier molecular flexibility index (Phi) is 3.42. The Morgan fingerprint density at radius 2 is 2.44 bits per heavy atom. The summed E-state index contributed by atoms with van der Waals surface area (Å²) in [4.78, 5) is 15.9. The van der Waals surface area contributed by atoms with E-state index in [0.717, 1.165) is 9.26 Å². The van der Waals surface area contributed by atoms with Gasteiger partial charge in [-0.15, -0.1) is 0 Å². The van der Waals surface area contributed by atoms with Crippen LogP contribution in [0.3, 0.4) is 0 Å². The number of amidine groups is 1. The van der Waals surface area contributed by atoms with Crippen molar-refractivity contribution >= 4 is 40.0 Å². The van der Waals surface area contributed by atoms with Crippen molar-refractivity contribution in [1.29, 1.82) is 0 Å². The van der Waals surface area contributed by atoms with Crippen LogP contribution in [0, 0.1) is 3.57 Å². The second-order valence-electron chi connectivity index (χ2n) is 3.70. The van der Waals surface area contributed by atoms with Gasteiger partial charge in [-0.05, 0) is 47.7 Å². The summed E-state index contributed by atoms with van der Waals surface area (Å²) in [6.07, 6.45) is 0. The lowest BCUT2D eigenvalue weighted by Crippen LogP contribution is -2.36. The molecule has 0 aromatic heterocycles. The molecular weight excluding hydrogens is 317 g/mol. The number of anilines is 1. The maximum atomic E-state index is 11.8. The Morgan fingerprint density at radius 1 is 1.62 bits per heavy atom. The fourth-order valence-electron chi connectivity index (χ4n) is 1.45. The monoisotopic (exact) mass is 329 g/mol. The zero-order valence-corrected chi connectivity index (χ0v) is 11.0. The lowest BCUT2D eigenvalue weighted by molar-refractivity contribution is -0.110. The van der Waals surface area contributed by atoms with E-state index in [9.17, 15) is 4.79 Å². The molecule has 1 aliphatic rings. The molecule has 2 rings (SSSR count).